The van der Waals surface area contributed by atoms with Gasteiger partial charge in [0.05, 0.1) is 0 Å². The molecule has 8 heteroatoms. The van der Waals surface area contributed by atoms with Crippen molar-refractivity contribution in [3.63, 3.8) is 0 Å². The van der Waals surface area contributed by atoms with Gasteiger partial charge in [-0.15, -0.1) is 0 Å². The number of piperazine rings is 1. The Labute approximate surface area is 179 Å². The highest BCUT2D eigenvalue weighted by Crippen LogP contribution is 2.18. The monoisotopic (exact) mass is 425 g/mol. The van der Waals surface area contributed by atoms with E-state index in [0.717, 1.165) is 6.42 Å². The Bertz CT molecular complexity index is 982. The Morgan fingerprint density at radius 2 is 1.52 bits per heavy atom. The van der Waals surface area contributed by atoms with E-state index in [1.165, 1.54) is 18.2 Å². The van der Waals surface area contributed by atoms with Crippen LogP contribution in [-0.4, -0.2) is 66.4 Å². The summed E-state index contributed by atoms with van der Waals surface area (Å²) in [5.74, 6) is -1.06. The zero-order chi connectivity index (χ0) is 21.8. The number of benzene rings is 2. The maximum absolute atomic E-state index is 13.4. The second-order valence-corrected chi connectivity index (χ2v) is 7.67. The predicted molar refractivity (Wildman–Crippen MR) is 112 cm³/mol. The number of nitrogens with one attached hydrogen (secondary N) is 1. The normalized spacial score (nSPS) is 18.7. The minimum atomic E-state index is -0.453. The van der Waals surface area contributed by atoms with Gasteiger partial charge in [0.15, 0.2) is 0 Å². The molecule has 2 fully saturated rings. The van der Waals surface area contributed by atoms with E-state index in [1.807, 2.05) is 0 Å². The summed E-state index contributed by atoms with van der Waals surface area (Å²) in [6, 6.07) is 12.4. The first-order valence-electron chi connectivity index (χ1n) is 10.4. The van der Waals surface area contributed by atoms with Crippen LogP contribution in [0, 0.1) is 5.82 Å². The van der Waals surface area contributed by atoms with Crippen LogP contribution in [0.5, 0.6) is 0 Å². The predicted octanol–water partition coefficient (Wildman–Crippen LogP) is 2.54. The lowest BCUT2D eigenvalue weighted by Crippen LogP contribution is -2.50. The molecule has 2 aliphatic heterocycles. The molecule has 0 aromatic heterocycles. The zero-order valence-corrected chi connectivity index (χ0v) is 17.1. The van der Waals surface area contributed by atoms with Crippen LogP contribution in [0.25, 0.3) is 0 Å². The molecule has 0 spiro atoms. The molecule has 0 bridgehead atoms. The van der Waals surface area contributed by atoms with Gasteiger partial charge in [-0.05, 0) is 49.2 Å². The second kappa shape index (κ2) is 9.26. The summed E-state index contributed by atoms with van der Waals surface area (Å²) in [5, 5.41) is 2.81. The van der Waals surface area contributed by atoms with Gasteiger partial charge in [0, 0.05) is 49.6 Å². The Balaban J connectivity index is 1.35. The van der Waals surface area contributed by atoms with Gasteiger partial charge >= 0.3 is 0 Å². The van der Waals surface area contributed by atoms with Crippen LogP contribution in [-0.2, 0) is 9.53 Å². The minimum Gasteiger partial charge on any atom is -0.368 e. The van der Waals surface area contributed by atoms with Crippen LogP contribution < -0.4 is 5.32 Å². The first kappa shape index (κ1) is 21.0. The third-order valence-corrected chi connectivity index (χ3v) is 5.52. The zero-order valence-electron chi connectivity index (χ0n) is 17.1. The summed E-state index contributed by atoms with van der Waals surface area (Å²) in [6.45, 7) is 2.09. The highest BCUT2D eigenvalue weighted by molar-refractivity contribution is 5.98. The number of rotatable bonds is 4. The average molecular weight is 425 g/mol. The number of hydrogen-bond donors (Lipinski definition) is 1. The fraction of sp³-hybridized carbons (Fsp3) is 0.348. The lowest BCUT2D eigenvalue weighted by atomic mass is 10.1. The molecule has 7 nitrogen and oxygen atoms in total. The summed E-state index contributed by atoms with van der Waals surface area (Å²) in [7, 11) is 0. The van der Waals surface area contributed by atoms with Crippen molar-refractivity contribution in [1.29, 1.82) is 0 Å². The van der Waals surface area contributed by atoms with Crippen LogP contribution in [0.15, 0.2) is 48.5 Å². The number of carbonyl (C=O) groups excluding carboxylic acids is 3. The van der Waals surface area contributed by atoms with E-state index in [9.17, 15) is 18.8 Å². The molecular formula is C23H24FN3O4. The first-order valence-corrected chi connectivity index (χ1v) is 10.4. The molecule has 0 aliphatic carbocycles. The standard InChI is InChI=1S/C23H24FN3O4/c24-18-6-1-4-16(14-18)22(29)26-9-11-27(12-10-26)23(30)17-5-2-7-19(15-17)25-21(28)20-8-3-13-31-20/h1-2,4-7,14-15,20H,3,8-13H2,(H,25,28). The minimum absolute atomic E-state index is 0.161. The van der Waals surface area contributed by atoms with Crippen molar-refractivity contribution in [3.05, 3.63) is 65.5 Å². The molecule has 2 aromatic carbocycles. The fourth-order valence-corrected chi connectivity index (χ4v) is 3.84. The van der Waals surface area contributed by atoms with E-state index in [0.29, 0.717) is 56.0 Å². The number of carbonyl (C=O) groups is 3. The van der Waals surface area contributed by atoms with Gasteiger partial charge in [0.2, 0.25) is 0 Å². The second-order valence-electron chi connectivity index (χ2n) is 7.67. The van der Waals surface area contributed by atoms with Crippen LogP contribution in [0.3, 0.4) is 0 Å². The summed E-state index contributed by atoms with van der Waals surface area (Å²) < 4.78 is 18.8. The Kier molecular flexibility index (Phi) is 6.27. The fourth-order valence-electron chi connectivity index (χ4n) is 3.84. The number of halogens is 1. The number of amides is 3. The van der Waals surface area contributed by atoms with Crippen molar-refractivity contribution in [2.75, 3.05) is 38.1 Å². The maximum atomic E-state index is 13.4. The maximum Gasteiger partial charge on any atom is 0.254 e. The number of hydrogen-bond acceptors (Lipinski definition) is 4. The van der Waals surface area contributed by atoms with Gasteiger partial charge in [-0.25, -0.2) is 4.39 Å². The third kappa shape index (κ3) is 4.91. The van der Waals surface area contributed by atoms with Gasteiger partial charge in [0.1, 0.15) is 11.9 Å². The van der Waals surface area contributed by atoms with Crippen LogP contribution >= 0.6 is 0 Å². The van der Waals surface area contributed by atoms with E-state index >= 15 is 0 Å². The van der Waals surface area contributed by atoms with Gasteiger partial charge < -0.3 is 19.9 Å². The van der Waals surface area contributed by atoms with E-state index in [4.69, 9.17) is 4.74 Å². The van der Waals surface area contributed by atoms with Crippen molar-refractivity contribution < 1.29 is 23.5 Å². The smallest absolute Gasteiger partial charge is 0.254 e. The lowest BCUT2D eigenvalue weighted by Gasteiger charge is -2.35. The third-order valence-electron chi connectivity index (χ3n) is 5.52. The summed E-state index contributed by atoms with van der Waals surface area (Å²) in [5.41, 5.74) is 1.32. The molecule has 31 heavy (non-hydrogen) atoms. The lowest BCUT2D eigenvalue weighted by molar-refractivity contribution is -0.124. The van der Waals surface area contributed by atoms with Gasteiger partial charge in [-0.2, -0.15) is 0 Å². The van der Waals surface area contributed by atoms with Crippen molar-refractivity contribution in [2.24, 2.45) is 0 Å². The molecular weight excluding hydrogens is 401 g/mol. The van der Waals surface area contributed by atoms with E-state index < -0.39 is 11.9 Å². The largest absolute Gasteiger partial charge is 0.368 e. The number of ether oxygens (including phenoxy) is 1. The summed E-state index contributed by atoms with van der Waals surface area (Å²) in [6.07, 6.45) is 1.12. The van der Waals surface area contributed by atoms with Crippen LogP contribution in [0.1, 0.15) is 33.6 Å². The Morgan fingerprint density at radius 3 is 2.10 bits per heavy atom. The Morgan fingerprint density at radius 1 is 0.903 bits per heavy atom. The van der Waals surface area contributed by atoms with Crippen molar-refractivity contribution in [3.8, 4) is 0 Å². The number of anilines is 1. The molecule has 2 heterocycles. The summed E-state index contributed by atoms with van der Waals surface area (Å²) >= 11 is 0. The molecule has 1 N–H and O–H groups in total. The van der Waals surface area contributed by atoms with Crippen LogP contribution in [0.2, 0.25) is 0 Å². The van der Waals surface area contributed by atoms with Crippen molar-refractivity contribution >= 4 is 23.4 Å². The SMILES string of the molecule is O=C(Nc1cccc(C(=O)N2CCN(C(=O)c3cccc(F)c3)CC2)c1)C1CCCO1. The molecule has 4 rings (SSSR count). The molecule has 1 atom stereocenters. The molecule has 3 amide bonds. The topological polar surface area (TPSA) is 79.0 Å². The molecule has 1 unspecified atom stereocenters. The van der Waals surface area contributed by atoms with Gasteiger partial charge in [0.25, 0.3) is 17.7 Å². The summed E-state index contributed by atoms with van der Waals surface area (Å²) in [4.78, 5) is 41.0. The van der Waals surface area contributed by atoms with Crippen LogP contribution in [0.4, 0.5) is 10.1 Å². The van der Waals surface area contributed by atoms with E-state index in [2.05, 4.69) is 5.32 Å². The highest BCUT2D eigenvalue weighted by atomic mass is 19.1. The van der Waals surface area contributed by atoms with Gasteiger partial charge in [-0.1, -0.05) is 12.1 Å². The van der Waals surface area contributed by atoms with Crippen molar-refractivity contribution in [2.45, 2.75) is 18.9 Å². The van der Waals surface area contributed by atoms with E-state index in [-0.39, 0.29) is 17.7 Å². The molecule has 0 saturated carbocycles. The average Bonchev–Trinajstić information content (AvgIpc) is 3.34. The van der Waals surface area contributed by atoms with Gasteiger partial charge in [-0.3, -0.25) is 14.4 Å². The quantitative estimate of drug-likeness (QED) is 0.817. The molecule has 2 aromatic rings. The Hall–Kier alpha value is -3.26. The molecule has 0 radical (unpaired) electrons. The van der Waals surface area contributed by atoms with Crippen molar-refractivity contribution in [1.82, 2.24) is 9.80 Å². The molecule has 2 aliphatic rings. The first-order chi connectivity index (χ1) is 15.0. The number of nitrogens with zero attached hydrogens (tertiary/aromatic N) is 2. The molecule has 2 saturated heterocycles. The van der Waals surface area contributed by atoms with E-state index in [1.54, 1.807) is 40.1 Å². The molecule has 162 valence electrons. The highest BCUT2D eigenvalue weighted by Gasteiger charge is 2.27.